The highest BCUT2D eigenvalue weighted by atomic mass is 32.2. The van der Waals surface area contributed by atoms with Crippen molar-refractivity contribution in [2.45, 2.75) is 30.4 Å². The maximum atomic E-state index is 12.4. The third kappa shape index (κ3) is 2.41. The Kier molecular flexibility index (Phi) is 3.47. The van der Waals surface area contributed by atoms with Gasteiger partial charge in [0.25, 0.3) is 11.7 Å². The van der Waals surface area contributed by atoms with E-state index in [1.165, 1.54) is 22.1 Å². The Morgan fingerprint density at radius 1 is 1.38 bits per heavy atom. The van der Waals surface area contributed by atoms with Crippen molar-refractivity contribution in [3.63, 3.8) is 0 Å². The van der Waals surface area contributed by atoms with Crippen molar-refractivity contribution in [1.29, 1.82) is 0 Å². The number of aliphatic carboxylic acids is 1. The van der Waals surface area contributed by atoms with Gasteiger partial charge in [-0.25, -0.2) is 14.3 Å². The second-order valence-electron chi connectivity index (χ2n) is 7.27. The number of carbonyl (C=O) groups excluding carboxylic acids is 1. The van der Waals surface area contributed by atoms with Crippen LogP contribution < -0.4 is 0 Å². The molecule has 0 bridgehead atoms. The Morgan fingerprint density at radius 2 is 2.21 bits per heavy atom. The molecule has 5 heterocycles. The smallest absolute Gasteiger partial charge is 0.353 e. The van der Waals surface area contributed by atoms with E-state index in [2.05, 4.69) is 15.1 Å². The Hall–Kier alpha value is -2.76. The number of rotatable bonds is 2. The average Bonchev–Trinajstić information content (AvgIpc) is 3.42. The van der Waals surface area contributed by atoms with Crippen LogP contribution >= 0.6 is 11.8 Å². The third-order valence-electron chi connectivity index (χ3n) is 5.62. The molecule has 2 saturated heterocycles. The first-order valence-electron chi connectivity index (χ1n) is 9.20. The number of thioether (sulfide) groups is 1. The molecule has 3 aliphatic heterocycles. The molecule has 1 spiro atoms. The van der Waals surface area contributed by atoms with E-state index in [9.17, 15) is 9.59 Å². The lowest BCUT2D eigenvalue weighted by Crippen LogP contribution is -2.51. The molecule has 29 heavy (non-hydrogen) atoms. The number of nitrogens with zero attached hydrogens (tertiary/aromatic N) is 5. The van der Waals surface area contributed by atoms with Crippen LogP contribution in [0.5, 0.6) is 0 Å². The van der Waals surface area contributed by atoms with E-state index in [1.54, 1.807) is 16.8 Å². The van der Waals surface area contributed by atoms with Gasteiger partial charge in [-0.1, -0.05) is 0 Å². The Labute approximate surface area is 168 Å². The van der Waals surface area contributed by atoms with Gasteiger partial charge in [-0.15, -0.1) is 16.9 Å². The first kappa shape index (κ1) is 17.1. The number of carboxylic acid groups (broad SMARTS) is 1. The van der Waals surface area contributed by atoms with E-state index < -0.39 is 11.8 Å². The van der Waals surface area contributed by atoms with E-state index in [0.29, 0.717) is 36.8 Å². The predicted octanol–water partition coefficient (Wildman–Crippen LogP) is 0.581. The maximum absolute atomic E-state index is 12.4. The molecular formula is C18H15N5O5S. The third-order valence-corrected chi connectivity index (χ3v) is 6.70. The monoisotopic (exact) mass is 413 g/mol. The van der Waals surface area contributed by atoms with Crippen LogP contribution in [0, 0.1) is 0 Å². The molecule has 2 fully saturated rings. The molecule has 1 atom stereocenters. The van der Waals surface area contributed by atoms with Crippen LogP contribution in [0.2, 0.25) is 0 Å². The molecule has 1 N–H and O–H groups in total. The summed E-state index contributed by atoms with van der Waals surface area (Å²) >= 11 is 1.29. The number of aryl methyl sites for hydroxylation is 1. The minimum absolute atomic E-state index is 0.00567. The lowest BCUT2D eigenvalue weighted by atomic mass is 9.91. The van der Waals surface area contributed by atoms with E-state index in [4.69, 9.17) is 14.6 Å². The molecule has 148 valence electrons. The van der Waals surface area contributed by atoms with Crippen LogP contribution in [0.1, 0.15) is 23.5 Å². The maximum Gasteiger partial charge on any atom is 0.353 e. The number of hydrogen-bond acceptors (Lipinski definition) is 8. The fourth-order valence-corrected chi connectivity index (χ4v) is 5.36. The number of amides is 1. The zero-order valence-electron chi connectivity index (χ0n) is 15.1. The lowest BCUT2D eigenvalue weighted by Gasteiger charge is -2.36. The van der Waals surface area contributed by atoms with Gasteiger partial charge in [-0.2, -0.15) is 4.98 Å². The van der Waals surface area contributed by atoms with Crippen molar-refractivity contribution in [1.82, 2.24) is 24.5 Å². The van der Waals surface area contributed by atoms with Gasteiger partial charge in [0.15, 0.2) is 11.6 Å². The Balaban J connectivity index is 1.32. The summed E-state index contributed by atoms with van der Waals surface area (Å²) in [6.07, 6.45) is 5.49. The summed E-state index contributed by atoms with van der Waals surface area (Å²) in [5, 5.41) is 14.9. The van der Waals surface area contributed by atoms with Crippen molar-refractivity contribution in [3.05, 3.63) is 40.0 Å². The standard InChI is InChI=1S/C18H15N5O5S/c24-14-10(15-22(14)12(8-29-15)16(25)26)5-13-20-17-19-7-9-6-18(27-3-4-28-18)2-1-11(9)23(17)21-13/h5,7-8,15H,1-4,6H2,(H,25,26)/b10-5-/t15-/m1/s1. The topological polar surface area (TPSA) is 119 Å². The predicted molar refractivity (Wildman–Crippen MR) is 99.4 cm³/mol. The van der Waals surface area contributed by atoms with Crippen LogP contribution in [0.4, 0.5) is 0 Å². The van der Waals surface area contributed by atoms with Crippen molar-refractivity contribution in [2.75, 3.05) is 13.2 Å². The van der Waals surface area contributed by atoms with Gasteiger partial charge in [0.2, 0.25) is 0 Å². The second-order valence-corrected chi connectivity index (χ2v) is 8.22. The minimum atomic E-state index is -1.11. The molecule has 6 rings (SSSR count). The number of fused-ring (bicyclic) bond motifs is 4. The molecule has 0 saturated carbocycles. The zero-order valence-corrected chi connectivity index (χ0v) is 15.9. The first-order chi connectivity index (χ1) is 14.0. The molecule has 11 heteroatoms. The van der Waals surface area contributed by atoms with E-state index in [1.807, 2.05) is 0 Å². The second kappa shape index (κ2) is 5.88. The summed E-state index contributed by atoms with van der Waals surface area (Å²) in [4.78, 5) is 33.7. The summed E-state index contributed by atoms with van der Waals surface area (Å²) in [7, 11) is 0. The van der Waals surface area contributed by atoms with Crippen molar-refractivity contribution < 1.29 is 24.2 Å². The lowest BCUT2D eigenvalue weighted by molar-refractivity contribution is -0.164. The van der Waals surface area contributed by atoms with Gasteiger partial charge in [-0.05, 0) is 18.1 Å². The molecule has 10 nitrogen and oxygen atoms in total. The van der Waals surface area contributed by atoms with Crippen LogP contribution in [0.3, 0.4) is 0 Å². The summed E-state index contributed by atoms with van der Waals surface area (Å²) in [5.74, 6) is -1.15. The van der Waals surface area contributed by atoms with Gasteiger partial charge in [-0.3, -0.25) is 9.69 Å². The highest BCUT2D eigenvalue weighted by Gasteiger charge is 2.49. The first-order valence-corrected chi connectivity index (χ1v) is 10.1. The molecule has 1 aliphatic carbocycles. The quantitative estimate of drug-likeness (QED) is 0.557. The fraction of sp³-hybridized carbons (Fsp3) is 0.389. The SMILES string of the molecule is O=C(O)C1=CS[C@@H]2/C(=C\c3nc4ncc5c(n4n3)CCC3(C5)OCCO3)C(=O)N12. The highest BCUT2D eigenvalue weighted by molar-refractivity contribution is 8.03. The van der Waals surface area contributed by atoms with Gasteiger partial charge >= 0.3 is 5.97 Å². The normalized spacial score (nSPS) is 26.0. The van der Waals surface area contributed by atoms with Gasteiger partial charge < -0.3 is 14.6 Å². The van der Waals surface area contributed by atoms with Crippen molar-refractivity contribution >= 4 is 35.5 Å². The number of aromatic nitrogens is 4. The minimum Gasteiger partial charge on any atom is -0.477 e. The molecule has 4 aliphatic rings. The van der Waals surface area contributed by atoms with Crippen LogP contribution in [0.25, 0.3) is 11.9 Å². The van der Waals surface area contributed by atoms with Crippen molar-refractivity contribution in [2.24, 2.45) is 0 Å². The molecular weight excluding hydrogens is 398 g/mol. The van der Waals surface area contributed by atoms with E-state index >= 15 is 0 Å². The molecule has 1 amide bonds. The summed E-state index contributed by atoms with van der Waals surface area (Å²) in [6.45, 7) is 1.21. The number of carbonyl (C=O) groups is 2. The molecule has 2 aromatic rings. The number of carboxylic acids is 1. The zero-order chi connectivity index (χ0) is 19.8. The summed E-state index contributed by atoms with van der Waals surface area (Å²) < 4.78 is 13.3. The number of ether oxygens (including phenoxy) is 2. The Morgan fingerprint density at radius 3 is 3.00 bits per heavy atom. The van der Waals surface area contributed by atoms with Gasteiger partial charge in [0.1, 0.15) is 11.1 Å². The van der Waals surface area contributed by atoms with Gasteiger partial charge in [0.05, 0.1) is 24.5 Å². The average molecular weight is 413 g/mol. The highest BCUT2D eigenvalue weighted by Crippen LogP contribution is 2.45. The van der Waals surface area contributed by atoms with Crippen LogP contribution in [-0.4, -0.2) is 65.8 Å². The van der Waals surface area contributed by atoms with Crippen molar-refractivity contribution in [3.8, 4) is 0 Å². The summed E-state index contributed by atoms with van der Waals surface area (Å²) in [5.41, 5.74) is 2.52. The van der Waals surface area contributed by atoms with Gasteiger partial charge in [0, 0.05) is 24.4 Å². The number of hydrogen-bond donors (Lipinski definition) is 1. The van der Waals surface area contributed by atoms with Crippen LogP contribution in [-0.2, 0) is 31.9 Å². The fourth-order valence-electron chi connectivity index (χ4n) is 4.24. The molecule has 0 unspecified atom stereocenters. The Bertz CT molecular complexity index is 1150. The van der Waals surface area contributed by atoms with E-state index in [0.717, 1.165) is 24.1 Å². The molecule has 0 radical (unpaired) electrons. The molecule has 2 aromatic heterocycles. The van der Waals surface area contributed by atoms with E-state index in [-0.39, 0.29) is 17.0 Å². The molecule has 0 aromatic carbocycles. The largest absolute Gasteiger partial charge is 0.477 e. The summed E-state index contributed by atoms with van der Waals surface area (Å²) in [6, 6.07) is 0. The van der Waals surface area contributed by atoms with Crippen LogP contribution in [0.15, 0.2) is 22.9 Å². The number of β-lactam (4-membered cyclic amide) rings is 1.